The molecule has 2 aromatic rings. The lowest BCUT2D eigenvalue weighted by Gasteiger charge is -2.13. The van der Waals surface area contributed by atoms with Crippen LogP contribution in [0.5, 0.6) is 0 Å². The van der Waals surface area contributed by atoms with Gasteiger partial charge in [-0.3, -0.25) is 14.3 Å². The molecular weight excluding hydrogens is 471 g/mol. The fourth-order valence-electron chi connectivity index (χ4n) is 2.48. The van der Waals surface area contributed by atoms with Gasteiger partial charge in [-0.25, -0.2) is 8.42 Å². The third-order valence-electron chi connectivity index (χ3n) is 3.67. The number of benzene rings is 1. The van der Waals surface area contributed by atoms with Gasteiger partial charge in [0, 0.05) is 15.7 Å². The number of anilines is 1. The molecule has 31 heavy (non-hydrogen) atoms. The van der Waals surface area contributed by atoms with Crippen LogP contribution in [0.2, 0.25) is 10.0 Å². The smallest absolute Gasteiger partial charge is 0.272 e. The van der Waals surface area contributed by atoms with Crippen molar-refractivity contribution in [3.05, 3.63) is 55.9 Å². The standard InChI is InChI=1S/C17H20Cl2N6O5S/c1-9-4-10(5-14(26)22-2-3-30-24-17(20)21)15(16(27)23-9)25-31(28,29)13-7-11(18)6-12(19)8-13/h4,6-8,25H,2-3,5H2,1H3,(H,22,26)(H,23,27)(H4,20,21,24). The maximum absolute atomic E-state index is 12.7. The van der Waals surface area contributed by atoms with Crippen LogP contribution in [0.1, 0.15) is 11.3 Å². The molecule has 14 heteroatoms. The highest BCUT2D eigenvalue weighted by molar-refractivity contribution is 7.92. The molecule has 0 radical (unpaired) electrons. The number of nitrogens with one attached hydrogen (secondary N) is 3. The number of aryl methyl sites for hydroxylation is 1. The highest BCUT2D eigenvalue weighted by Gasteiger charge is 2.21. The quantitative estimate of drug-likeness (QED) is 0.148. The SMILES string of the molecule is Cc1cc(CC(=O)NCCON=C(N)N)c(NS(=O)(=O)c2cc(Cl)cc(Cl)c2)c(=O)[nH]1. The summed E-state index contributed by atoms with van der Waals surface area (Å²) in [5.74, 6) is -0.743. The lowest BCUT2D eigenvalue weighted by molar-refractivity contribution is -0.120. The second-order valence-electron chi connectivity index (χ2n) is 6.27. The number of amides is 1. The molecule has 7 N–H and O–H groups in total. The van der Waals surface area contributed by atoms with Gasteiger partial charge in [0.15, 0.2) is 0 Å². The van der Waals surface area contributed by atoms with Crippen molar-refractivity contribution in [2.75, 3.05) is 17.9 Å². The third kappa shape index (κ3) is 7.35. The van der Waals surface area contributed by atoms with E-state index in [1.165, 1.54) is 24.3 Å². The van der Waals surface area contributed by atoms with Crippen LogP contribution >= 0.6 is 23.2 Å². The molecule has 11 nitrogen and oxygen atoms in total. The molecule has 0 bridgehead atoms. The maximum atomic E-state index is 12.7. The van der Waals surface area contributed by atoms with Crippen molar-refractivity contribution in [2.45, 2.75) is 18.2 Å². The summed E-state index contributed by atoms with van der Waals surface area (Å²) in [6.07, 6.45) is -0.277. The van der Waals surface area contributed by atoms with Crippen LogP contribution in [0, 0.1) is 6.92 Å². The molecule has 0 saturated carbocycles. The molecule has 1 aromatic carbocycles. The number of rotatable bonds is 9. The molecule has 1 heterocycles. The van der Waals surface area contributed by atoms with E-state index < -0.39 is 21.5 Å². The summed E-state index contributed by atoms with van der Waals surface area (Å²) in [7, 11) is -4.21. The van der Waals surface area contributed by atoms with Gasteiger partial charge in [0.2, 0.25) is 11.9 Å². The van der Waals surface area contributed by atoms with E-state index in [4.69, 9.17) is 39.5 Å². The number of nitrogens with two attached hydrogens (primary N) is 2. The molecule has 168 valence electrons. The van der Waals surface area contributed by atoms with E-state index >= 15 is 0 Å². The lowest BCUT2D eigenvalue weighted by atomic mass is 10.1. The number of carbonyl (C=O) groups is 1. The molecular formula is C17H20Cl2N6O5S. The van der Waals surface area contributed by atoms with Gasteiger partial charge in [-0.1, -0.05) is 23.2 Å². The van der Waals surface area contributed by atoms with E-state index in [9.17, 15) is 18.0 Å². The van der Waals surface area contributed by atoms with Crippen molar-refractivity contribution in [3.8, 4) is 0 Å². The summed E-state index contributed by atoms with van der Waals surface area (Å²) in [5, 5.41) is 6.06. The van der Waals surface area contributed by atoms with Crippen molar-refractivity contribution < 1.29 is 18.0 Å². The van der Waals surface area contributed by atoms with Crippen LogP contribution in [0.15, 0.2) is 39.1 Å². The zero-order chi connectivity index (χ0) is 23.2. The monoisotopic (exact) mass is 490 g/mol. The Morgan fingerprint density at radius 3 is 2.45 bits per heavy atom. The number of guanidine groups is 1. The van der Waals surface area contributed by atoms with E-state index in [1.807, 2.05) is 0 Å². The molecule has 0 aliphatic rings. The Labute approximate surface area is 187 Å². The van der Waals surface area contributed by atoms with Crippen molar-refractivity contribution >= 4 is 50.8 Å². The summed E-state index contributed by atoms with van der Waals surface area (Å²) in [4.78, 5) is 31.7. The van der Waals surface area contributed by atoms with E-state index in [-0.39, 0.29) is 51.7 Å². The highest BCUT2D eigenvalue weighted by atomic mass is 35.5. The number of sulfonamides is 1. The molecule has 1 amide bonds. The van der Waals surface area contributed by atoms with Gasteiger partial charge in [-0.15, -0.1) is 0 Å². The predicted octanol–water partition coefficient (Wildman–Crippen LogP) is 0.655. The topological polar surface area (TPSA) is 182 Å². The molecule has 0 unspecified atom stereocenters. The Hall–Kier alpha value is -2.96. The van der Waals surface area contributed by atoms with Crippen LogP contribution in [0.3, 0.4) is 0 Å². The first-order chi connectivity index (χ1) is 14.5. The summed E-state index contributed by atoms with van der Waals surface area (Å²) < 4.78 is 27.7. The lowest BCUT2D eigenvalue weighted by Crippen LogP contribution is -2.30. The summed E-state index contributed by atoms with van der Waals surface area (Å²) in [6.45, 7) is 1.69. The number of H-pyrrole nitrogens is 1. The Balaban J connectivity index is 2.22. The number of hydrogen-bond donors (Lipinski definition) is 5. The molecule has 0 atom stereocenters. The first-order valence-corrected chi connectivity index (χ1v) is 10.9. The molecule has 1 aromatic heterocycles. The summed E-state index contributed by atoms with van der Waals surface area (Å²) in [6, 6.07) is 5.22. The fraction of sp³-hybridized carbons (Fsp3) is 0.235. The van der Waals surface area contributed by atoms with E-state index in [1.54, 1.807) is 6.92 Å². The molecule has 0 saturated heterocycles. The van der Waals surface area contributed by atoms with Gasteiger partial charge in [0.05, 0.1) is 17.9 Å². The summed E-state index contributed by atoms with van der Waals surface area (Å²) >= 11 is 11.7. The third-order valence-corrected chi connectivity index (χ3v) is 5.43. The zero-order valence-corrected chi connectivity index (χ0v) is 18.6. The molecule has 2 rings (SSSR count). The first-order valence-electron chi connectivity index (χ1n) is 8.67. The molecule has 0 aliphatic carbocycles. The average Bonchev–Trinajstić information content (AvgIpc) is 2.63. The first kappa shape index (κ1) is 24.3. The number of pyridine rings is 1. The van der Waals surface area contributed by atoms with E-state index in [0.29, 0.717) is 5.69 Å². The minimum atomic E-state index is -4.21. The van der Waals surface area contributed by atoms with Crippen LogP contribution in [-0.4, -0.2) is 38.4 Å². The minimum absolute atomic E-state index is 0.00700. The Bertz CT molecular complexity index is 1140. The van der Waals surface area contributed by atoms with E-state index in [0.717, 1.165) is 0 Å². The van der Waals surface area contributed by atoms with Crippen molar-refractivity contribution in [1.29, 1.82) is 0 Å². The predicted molar refractivity (Wildman–Crippen MR) is 118 cm³/mol. The van der Waals surface area contributed by atoms with Gasteiger partial charge in [0.25, 0.3) is 15.6 Å². The van der Waals surface area contributed by atoms with Crippen LogP contribution < -0.4 is 27.1 Å². The van der Waals surface area contributed by atoms with Gasteiger partial charge < -0.3 is 26.6 Å². The molecule has 0 spiro atoms. The van der Waals surface area contributed by atoms with Gasteiger partial charge in [-0.05, 0) is 41.9 Å². The average molecular weight is 491 g/mol. The van der Waals surface area contributed by atoms with Gasteiger partial charge in [0.1, 0.15) is 12.3 Å². The van der Waals surface area contributed by atoms with Crippen LogP contribution in [0.4, 0.5) is 5.69 Å². The Morgan fingerprint density at radius 1 is 1.19 bits per heavy atom. The zero-order valence-electron chi connectivity index (χ0n) is 16.2. The second-order valence-corrected chi connectivity index (χ2v) is 8.82. The second kappa shape index (κ2) is 10.4. The number of oxime groups is 1. The van der Waals surface area contributed by atoms with E-state index in [2.05, 4.69) is 20.2 Å². The van der Waals surface area contributed by atoms with Crippen LogP contribution in [0.25, 0.3) is 0 Å². The van der Waals surface area contributed by atoms with Crippen LogP contribution in [-0.2, 0) is 26.1 Å². The number of aromatic nitrogens is 1. The number of carbonyl (C=O) groups excluding carboxylic acids is 1. The number of nitrogens with zero attached hydrogens (tertiary/aromatic N) is 1. The number of aromatic amines is 1. The Morgan fingerprint density at radius 2 is 1.84 bits per heavy atom. The Kier molecular flexibility index (Phi) is 8.14. The van der Waals surface area contributed by atoms with Crippen molar-refractivity contribution in [1.82, 2.24) is 10.3 Å². The minimum Gasteiger partial charge on any atom is -0.391 e. The van der Waals surface area contributed by atoms with Gasteiger partial charge >= 0.3 is 0 Å². The van der Waals surface area contributed by atoms with Crippen molar-refractivity contribution in [3.63, 3.8) is 0 Å². The van der Waals surface area contributed by atoms with Crippen molar-refractivity contribution in [2.24, 2.45) is 16.6 Å². The largest absolute Gasteiger partial charge is 0.391 e. The summed E-state index contributed by atoms with van der Waals surface area (Å²) in [5.41, 5.74) is 9.80. The number of halogens is 2. The fourth-order valence-corrected chi connectivity index (χ4v) is 4.31. The normalized spacial score (nSPS) is 10.9. The molecule has 0 aliphatic heterocycles. The highest BCUT2D eigenvalue weighted by Crippen LogP contribution is 2.24. The van der Waals surface area contributed by atoms with Gasteiger partial charge in [-0.2, -0.15) is 0 Å². The molecule has 0 fully saturated rings. The number of hydrogen-bond acceptors (Lipinski definition) is 6. The maximum Gasteiger partial charge on any atom is 0.272 e.